The third kappa shape index (κ3) is 3.06. The van der Waals surface area contributed by atoms with Gasteiger partial charge in [0.1, 0.15) is 17.5 Å². The molecule has 3 aromatic carbocycles. The largest absolute Gasteiger partial charge is 0.464 e. The van der Waals surface area contributed by atoms with Gasteiger partial charge in [-0.15, -0.1) is 0 Å². The van der Waals surface area contributed by atoms with Crippen LogP contribution in [0, 0.1) is 5.82 Å². The topological polar surface area (TPSA) is 39.4 Å². The number of ether oxygens (including phenoxy) is 1. The maximum absolute atomic E-state index is 13.0. The van der Waals surface area contributed by atoms with E-state index in [0.717, 1.165) is 32.9 Å². The van der Waals surface area contributed by atoms with Gasteiger partial charge in [-0.25, -0.2) is 4.39 Å². The fourth-order valence-corrected chi connectivity index (χ4v) is 3.20. The molecule has 0 aliphatic carbocycles. The van der Waals surface area contributed by atoms with Crippen LogP contribution in [-0.4, -0.2) is 5.97 Å². The lowest BCUT2D eigenvalue weighted by molar-refractivity contribution is -0.147. The van der Waals surface area contributed by atoms with Crippen LogP contribution in [0.15, 0.2) is 71.3 Å². The molecule has 4 aromatic rings. The number of furan rings is 1. The molecular weight excluding hydrogens is 331 g/mol. The summed E-state index contributed by atoms with van der Waals surface area (Å²) in [7, 11) is 0. The number of hydrogen-bond acceptors (Lipinski definition) is 3. The van der Waals surface area contributed by atoms with Crippen LogP contribution >= 0.6 is 0 Å². The Kier molecular flexibility index (Phi) is 4.17. The second-order valence-electron chi connectivity index (χ2n) is 6.28. The summed E-state index contributed by atoms with van der Waals surface area (Å²) < 4.78 is 24.1. The van der Waals surface area contributed by atoms with E-state index in [-0.39, 0.29) is 18.2 Å². The first-order valence-electron chi connectivity index (χ1n) is 8.44. The van der Waals surface area contributed by atoms with E-state index in [9.17, 15) is 9.18 Å². The first-order chi connectivity index (χ1) is 12.6. The minimum Gasteiger partial charge on any atom is -0.464 e. The predicted molar refractivity (Wildman–Crippen MR) is 98.3 cm³/mol. The Balaban J connectivity index is 1.58. The van der Waals surface area contributed by atoms with Crippen molar-refractivity contribution in [3.8, 4) is 0 Å². The Morgan fingerprint density at radius 2 is 1.85 bits per heavy atom. The van der Waals surface area contributed by atoms with Crippen molar-refractivity contribution in [2.45, 2.75) is 19.4 Å². The van der Waals surface area contributed by atoms with Crippen molar-refractivity contribution < 1.29 is 18.3 Å². The summed E-state index contributed by atoms with van der Waals surface area (Å²) in [6.45, 7) is 1.77. The molecule has 0 spiro atoms. The molecule has 0 aliphatic heterocycles. The van der Waals surface area contributed by atoms with Crippen LogP contribution in [0.4, 0.5) is 4.39 Å². The molecular formula is C22H17FO3. The molecule has 0 aliphatic rings. The summed E-state index contributed by atoms with van der Waals surface area (Å²) in [5.74, 6) is -0.665. The minimum absolute atomic E-state index is 0.118. The van der Waals surface area contributed by atoms with Gasteiger partial charge in [0.05, 0.1) is 12.7 Å². The molecule has 0 N–H and O–H groups in total. The van der Waals surface area contributed by atoms with Gasteiger partial charge in [-0.05, 0) is 41.5 Å². The van der Waals surface area contributed by atoms with Gasteiger partial charge in [-0.3, -0.25) is 4.79 Å². The Labute approximate surface area is 150 Å². The standard InChI is InChI=1S/C22H17FO3/c1-14(15-6-9-18(23)10-7-15)26-21(24)12-17-13-25-20-11-8-16-4-2-3-5-19(16)22(17)20/h2-11,13-14H,12H2,1H3/t14-/m0/s1. The molecule has 0 bridgehead atoms. The van der Waals surface area contributed by atoms with Crippen LogP contribution in [0.5, 0.6) is 0 Å². The first kappa shape index (κ1) is 16.3. The average Bonchev–Trinajstić information content (AvgIpc) is 3.05. The normalized spacial score (nSPS) is 12.4. The van der Waals surface area contributed by atoms with Gasteiger partial charge < -0.3 is 9.15 Å². The first-order valence-corrected chi connectivity index (χ1v) is 8.44. The van der Waals surface area contributed by atoms with Gasteiger partial charge in [-0.1, -0.05) is 42.5 Å². The van der Waals surface area contributed by atoms with Crippen molar-refractivity contribution in [1.82, 2.24) is 0 Å². The van der Waals surface area contributed by atoms with Crippen molar-refractivity contribution in [3.63, 3.8) is 0 Å². The fraction of sp³-hybridized carbons (Fsp3) is 0.136. The quantitative estimate of drug-likeness (QED) is 0.453. The monoisotopic (exact) mass is 348 g/mol. The van der Waals surface area contributed by atoms with Crippen LogP contribution in [0.1, 0.15) is 24.2 Å². The smallest absolute Gasteiger partial charge is 0.311 e. The van der Waals surface area contributed by atoms with E-state index in [1.165, 1.54) is 12.1 Å². The van der Waals surface area contributed by atoms with E-state index in [1.54, 1.807) is 25.3 Å². The maximum atomic E-state index is 13.0. The van der Waals surface area contributed by atoms with Gasteiger partial charge in [0, 0.05) is 10.9 Å². The van der Waals surface area contributed by atoms with Crippen molar-refractivity contribution in [2.75, 3.05) is 0 Å². The lowest BCUT2D eigenvalue weighted by Crippen LogP contribution is -2.11. The van der Waals surface area contributed by atoms with Gasteiger partial charge in [0.25, 0.3) is 0 Å². The summed E-state index contributed by atoms with van der Waals surface area (Å²) in [4.78, 5) is 12.4. The Bertz CT molecular complexity index is 1080. The number of carbonyl (C=O) groups excluding carboxylic acids is 1. The number of esters is 1. The van der Waals surface area contributed by atoms with Gasteiger partial charge >= 0.3 is 5.97 Å². The molecule has 0 unspecified atom stereocenters. The lowest BCUT2D eigenvalue weighted by Gasteiger charge is -2.13. The van der Waals surface area contributed by atoms with E-state index < -0.39 is 6.10 Å². The highest BCUT2D eigenvalue weighted by molar-refractivity contribution is 6.08. The molecule has 1 atom stereocenters. The van der Waals surface area contributed by atoms with E-state index in [4.69, 9.17) is 9.15 Å². The molecule has 130 valence electrons. The number of benzene rings is 3. The highest BCUT2D eigenvalue weighted by Gasteiger charge is 2.16. The number of fused-ring (bicyclic) bond motifs is 3. The highest BCUT2D eigenvalue weighted by atomic mass is 19.1. The van der Waals surface area contributed by atoms with Crippen molar-refractivity contribution in [2.24, 2.45) is 0 Å². The predicted octanol–water partition coefficient (Wildman–Crippen LogP) is 5.57. The minimum atomic E-state index is -0.446. The van der Waals surface area contributed by atoms with Crippen LogP contribution in [-0.2, 0) is 16.0 Å². The van der Waals surface area contributed by atoms with Gasteiger partial charge in [0.15, 0.2) is 0 Å². The van der Waals surface area contributed by atoms with Gasteiger partial charge in [0.2, 0.25) is 0 Å². The van der Waals surface area contributed by atoms with E-state index in [1.807, 2.05) is 36.4 Å². The Morgan fingerprint density at radius 3 is 2.65 bits per heavy atom. The van der Waals surface area contributed by atoms with E-state index >= 15 is 0 Å². The molecule has 0 radical (unpaired) electrons. The Morgan fingerprint density at radius 1 is 1.08 bits per heavy atom. The van der Waals surface area contributed by atoms with E-state index in [2.05, 4.69) is 0 Å². The molecule has 0 amide bonds. The SMILES string of the molecule is C[C@H](OC(=O)Cc1coc2ccc3ccccc3c12)c1ccc(F)cc1. The zero-order valence-corrected chi connectivity index (χ0v) is 14.2. The summed E-state index contributed by atoms with van der Waals surface area (Å²) >= 11 is 0. The number of rotatable bonds is 4. The van der Waals surface area contributed by atoms with Gasteiger partial charge in [-0.2, -0.15) is 0 Å². The highest BCUT2D eigenvalue weighted by Crippen LogP contribution is 2.30. The third-order valence-corrected chi connectivity index (χ3v) is 4.52. The fourth-order valence-electron chi connectivity index (χ4n) is 3.20. The number of carbonyl (C=O) groups is 1. The second kappa shape index (κ2) is 6.64. The number of halogens is 1. The summed E-state index contributed by atoms with van der Waals surface area (Å²) in [5, 5.41) is 3.08. The van der Waals surface area contributed by atoms with Crippen LogP contribution in [0.2, 0.25) is 0 Å². The van der Waals surface area contributed by atoms with Crippen LogP contribution < -0.4 is 0 Å². The third-order valence-electron chi connectivity index (χ3n) is 4.52. The second-order valence-corrected chi connectivity index (χ2v) is 6.28. The van der Waals surface area contributed by atoms with Crippen molar-refractivity contribution in [3.05, 3.63) is 83.9 Å². The van der Waals surface area contributed by atoms with Crippen LogP contribution in [0.3, 0.4) is 0 Å². The molecule has 1 aromatic heterocycles. The lowest BCUT2D eigenvalue weighted by atomic mass is 10.0. The molecule has 1 heterocycles. The molecule has 4 rings (SSSR count). The summed E-state index contributed by atoms with van der Waals surface area (Å²) in [6.07, 6.45) is 1.28. The van der Waals surface area contributed by atoms with Crippen molar-refractivity contribution >= 4 is 27.7 Å². The Hall–Kier alpha value is -3.14. The van der Waals surface area contributed by atoms with E-state index in [0.29, 0.717) is 0 Å². The average molecular weight is 348 g/mol. The maximum Gasteiger partial charge on any atom is 0.311 e. The number of hydrogen-bond donors (Lipinski definition) is 0. The molecule has 4 heteroatoms. The molecule has 0 saturated carbocycles. The molecule has 26 heavy (non-hydrogen) atoms. The molecule has 3 nitrogen and oxygen atoms in total. The zero-order valence-electron chi connectivity index (χ0n) is 14.2. The van der Waals surface area contributed by atoms with Crippen LogP contribution in [0.25, 0.3) is 21.7 Å². The summed E-state index contributed by atoms with van der Waals surface area (Å²) in [6, 6.07) is 17.9. The molecule has 0 saturated heterocycles. The zero-order chi connectivity index (χ0) is 18.1. The molecule has 0 fully saturated rings. The van der Waals surface area contributed by atoms with Crippen molar-refractivity contribution in [1.29, 1.82) is 0 Å². The summed E-state index contributed by atoms with van der Waals surface area (Å²) in [5.41, 5.74) is 2.30.